The van der Waals surface area contributed by atoms with Crippen molar-refractivity contribution in [3.05, 3.63) is 73.0 Å². The molecule has 0 heterocycles. The van der Waals surface area contributed by atoms with Crippen molar-refractivity contribution >= 4 is 52.5 Å². The molecule has 0 amide bonds. The van der Waals surface area contributed by atoms with Crippen LogP contribution in [0.15, 0.2) is 34.8 Å². The second-order valence-electron chi connectivity index (χ2n) is 5.48. The van der Waals surface area contributed by atoms with Gasteiger partial charge in [-0.3, -0.25) is 15.1 Å². The van der Waals surface area contributed by atoms with E-state index in [1.165, 1.54) is 6.92 Å². The van der Waals surface area contributed by atoms with Gasteiger partial charge in [-0.2, -0.15) is 0 Å². The van der Waals surface area contributed by atoms with E-state index >= 15 is 0 Å². The van der Waals surface area contributed by atoms with Gasteiger partial charge < -0.3 is 9.84 Å². The highest BCUT2D eigenvalue weighted by Gasteiger charge is 2.29. The van der Waals surface area contributed by atoms with Gasteiger partial charge in [-0.25, -0.2) is 18.0 Å². The van der Waals surface area contributed by atoms with Crippen LogP contribution in [-0.2, 0) is 9.53 Å². The Morgan fingerprint density at radius 2 is 1.90 bits per heavy atom. The lowest BCUT2D eigenvalue weighted by molar-refractivity contribution is -0.384. The summed E-state index contributed by atoms with van der Waals surface area (Å²) in [6.45, 7) is 1.31. The van der Waals surface area contributed by atoms with Crippen LogP contribution in [0.2, 0.25) is 10.0 Å². The first-order chi connectivity index (χ1) is 14.1. The molecule has 0 saturated carbocycles. The van der Waals surface area contributed by atoms with Crippen LogP contribution in [0.3, 0.4) is 0 Å². The number of halogens is 5. The lowest BCUT2D eigenvalue weighted by Crippen LogP contribution is -2.12. The fourth-order valence-electron chi connectivity index (χ4n) is 2.21. The number of nitrogens with zero attached hydrogens (tertiary/aromatic N) is 2. The quantitative estimate of drug-likeness (QED) is 0.115. The van der Waals surface area contributed by atoms with E-state index in [1.807, 2.05) is 0 Å². The summed E-state index contributed by atoms with van der Waals surface area (Å²) in [5.41, 5.74) is -2.81. The number of carbonyl (C=O) groups is 1. The molecule has 2 aromatic carbocycles. The van der Waals surface area contributed by atoms with Crippen molar-refractivity contribution in [2.45, 2.75) is 6.92 Å². The molecule has 12 heteroatoms. The van der Waals surface area contributed by atoms with Crippen molar-refractivity contribution in [3.63, 3.8) is 0 Å². The van der Waals surface area contributed by atoms with Gasteiger partial charge in [0.2, 0.25) is 0 Å². The summed E-state index contributed by atoms with van der Waals surface area (Å²) in [7, 11) is 0. The molecule has 30 heavy (non-hydrogen) atoms. The van der Waals surface area contributed by atoms with E-state index in [9.17, 15) is 33.2 Å². The first-order valence-electron chi connectivity index (χ1n) is 8.00. The molecule has 2 rings (SSSR count). The highest BCUT2D eigenvalue weighted by molar-refractivity contribution is 6.39. The zero-order chi connectivity index (χ0) is 22.6. The molecule has 7 nitrogen and oxygen atoms in total. The lowest BCUT2D eigenvalue weighted by Gasteiger charge is -2.10. The van der Waals surface area contributed by atoms with E-state index in [2.05, 4.69) is 4.99 Å². The summed E-state index contributed by atoms with van der Waals surface area (Å²) in [6.07, 6.45) is 0.665. The molecule has 0 atom stereocenters. The monoisotopic (exact) mass is 462 g/mol. The molecule has 0 bridgehead atoms. The number of hydrogen-bond acceptors (Lipinski definition) is 6. The normalized spacial score (nSPS) is 12.1. The minimum Gasteiger partial charge on any atom is -0.506 e. The smallest absolute Gasteiger partial charge is 0.343 e. The van der Waals surface area contributed by atoms with E-state index in [4.69, 9.17) is 27.9 Å². The number of nitro benzene ring substituents is 1. The fourth-order valence-corrected chi connectivity index (χ4v) is 2.78. The fraction of sp³-hybridized carbons (Fsp3) is 0.111. The Morgan fingerprint density at radius 3 is 2.47 bits per heavy atom. The predicted molar refractivity (Wildman–Crippen MR) is 104 cm³/mol. The minimum absolute atomic E-state index is 0.142. The van der Waals surface area contributed by atoms with Crippen molar-refractivity contribution in [1.82, 2.24) is 0 Å². The van der Waals surface area contributed by atoms with Gasteiger partial charge in [-0.15, -0.1) is 0 Å². The van der Waals surface area contributed by atoms with Gasteiger partial charge in [0.25, 0.3) is 0 Å². The standard InChI is InChI=1S/C18H11Cl2F3N2O5/c1-2-30-18(27)10(7-24-13-4-3-8(21)5-11(13)22)17(26)9-6-12(23)15(20)16(14(9)19)25(28)29/h3-7,26H,2H2,1H3/b17-10+,24-7?. The van der Waals surface area contributed by atoms with Crippen molar-refractivity contribution in [3.8, 4) is 0 Å². The van der Waals surface area contributed by atoms with Gasteiger partial charge in [0.1, 0.15) is 28.0 Å². The molecule has 0 fully saturated rings. The van der Waals surface area contributed by atoms with E-state index in [-0.39, 0.29) is 6.61 Å². The molecule has 0 aliphatic heterocycles. The SMILES string of the molecule is CCOC(=O)/C(C=Nc1ccc(F)cc1F)=C(/O)c1cc(F)c(Cl)c([N+](=O)[O-])c1Cl. The summed E-state index contributed by atoms with van der Waals surface area (Å²) in [5.74, 6) is -5.44. The molecule has 0 aliphatic rings. The van der Waals surface area contributed by atoms with Gasteiger partial charge in [-0.1, -0.05) is 23.2 Å². The van der Waals surface area contributed by atoms with E-state index in [0.717, 1.165) is 12.1 Å². The third-order valence-electron chi connectivity index (χ3n) is 3.56. The number of benzene rings is 2. The summed E-state index contributed by atoms with van der Waals surface area (Å²) in [5, 5.41) is 20.0. The molecule has 0 aliphatic carbocycles. The average Bonchev–Trinajstić information content (AvgIpc) is 2.66. The van der Waals surface area contributed by atoms with Gasteiger partial charge in [0, 0.05) is 17.8 Å². The highest BCUT2D eigenvalue weighted by Crippen LogP contribution is 2.40. The van der Waals surface area contributed by atoms with Crippen LogP contribution in [0.1, 0.15) is 12.5 Å². The number of ether oxygens (including phenoxy) is 1. The Kier molecular flexibility index (Phi) is 7.41. The number of carbonyl (C=O) groups excluding carboxylic acids is 1. The maximum absolute atomic E-state index is 14.0. The third kappa shape index (κ3) is 4.89. The zero-order valence-electron chi connectivity index (χ0n) is 15.0. The molecule has 1 N–H and O–H groups in total. The van der Waals surface area contributed by atoms with Crippen molar-refractivity contribution in [1.29, 1.82) is 0 Å². The summed E-state index contributed by atoms with van der Waals surface area (Å²) >= 11 is 11.4. The lowest BCUT2D eigenvalue weighted by atomic mass is 10.1. The number of aliphatic hydroxyl groups is 1. The molecule has 0 radical (unpaired) electrons. The Morgan fingerprint density at radius 1 is 1.23 bits per heavy atom. The number of nitro groups is 1. The predicted octanol–water partition coefficient (Wildman–Crippen LogP) is 5.55. The van der Waals surface area contributed by atoms with Crippen molar-refractivity contribution in [2.75, 3.05) is 6.61 Å². The van der Waals surface area contributed by atoms with Gasteiger partial charge in [0.15, 0.2) is 10.8 Å². The third-order valence-corrected chi connectivity index (χ3v) is 4.31. The Bertz CT molecular complexity index is 1090. The molecular formula is C18H11Cl2F3N2O5. The van der Waals surface area contributed by atoms with Crippen molar-refractivity contribution in [2.24, 2.45) is 4.99 Å². The van der Waals surface area contributed by atoms with Crippen LogP contribution in [0.5, 0.6) is 0 Å². The van der Waals surface area contributed by atoms with Crippen LogP contribution in [-0.4, -0.2) is 28.8 Å². The van der Waals surface area contributed by atoms with Gasteiger partial charge >= 0.3 is 11.7 Å². The van der Waals surface area contributed by atoms with Gasteiger partial charge in [0.05, 0.1) is 17.2 Å². The molecule has 2 aromatic rings. The average molecular weight is 463 g/mol. The topological polar surface area (TPSA) is 102 Å². The highest BCUT2D eigenvalue weighted by atomic mass is 35.5. The maximum Gasteiger partial charge on any atom is 0.343 e. The van der Waals surface area contributed by atoms with Crippen LogP contribution < -0.4 is 0 Å². The minimum atomic E-state index is -1.29. The molecule has 0 aromatic heterocycles. The largest absolute Gasteiger partial charge is 0.506 e. The van der Waals surface area contributed by atoms with E-state index < -0.39 is 66.7 Å². The van der Waals surface area contributed by atoms with E-state index in [0.29, 0.717) is 18.3 Å². The second-order valence-corrected chi connectivity index (χ2v) is 6.23. The zero-order valence-corrected chi connectivity index (χ0v) is 16.5. The van der Waals surface area contributed by atoms with Crippen molar-refractivity contribution < 1.29 is 32.7 Å². The number of aliphatic hydroxyl groups excluding tert-OH is 1. The molecule has 0 saturated heterocycles. The number of aliphatic imine (C=N–C) groups is 1. The maximum atomic E-state index is 14.0. The van der Waals surface area contributed by atoms with Crippen LogP contribution >= 0.6 is 23.2 Å². The Labute approximate surface area is 177 Å². The van der Waals surface area contributed by atoms with Crippen LogP contribution in [0.25, 0.3) is 5.76 Å². The molecule has 158 valence electrons. The van der Waals surface area contributed by atoms with Crippen LogP contribution in [0, 0.1) is 27.6 Å². The second kappa shape index (κ2) is 9.59. The molecular weight excluding hydrogens is 452 g/mol. The number of esters is 1. The first kappa shape index (κ1) is 23.2. The summed E-state index contributed by atoms with van der Waals surface area (Å²) in [6, 6.07) is 2.96. The number of rotatable bonds is 6. The van der Waals surface area contributed by atoms with Gasteiger partial charge in [-0.05, 0) is 25.1 Å². The summed E-state index contributed by atoms with van der Waals surface area (Å²) < 4.78 is 45.6. The molecule has 0 spiro atoms. The van der Waals surface area contributed by atoms with E-state index in [1.54, 1.807) is 0 Å². The van der Waals surface area contributed by atoms with Crippen LogP contribution in [0.4, 0.5) is 24.5 Å². The number of hydrogen-bond donors (Lipinski definition) is 1. The Balaban J connectivity index is 2.70. The summed E-state index contributed by atoms with van der Waals surface area (Å²) in [4.78, 5) is 25.9. The first-order valence-corrected chi connectivity index (χ1v) is 8.75. The molecule has 0 unspecified atom stereocenters. The Hall–Kier alpha value is -3.11.